The van der Waals surface area contributed by atoms with E-state index in [1.807, 2.05) is 0 Å². The standard InChI is InChI=1S/C12H15N3O3/c1-14-5-6-15(12(14)18)7-8-3-2-4-9(13)10(8)11(16)17/h2-4H,5-7,13H2,1H3,(H,16,17). The Kier molecular flexibility index (Phi) is 3.10. The van der Waals surface area contributed by atoms with Gasteiger partial charge >= 0.3 is 12.0 Å². The molecule has 0 unspecified atom stereocenters. The number of nitrogens with two attached hydrogens (primary N) is 1. The van der Waals surface area contributed by atoms with Gasteiger partial charge in [0.15, 0.2) is 0 Å². The number of hydrogen-bond acceptors (Lipinski definition) is 3. The zero-order valence-electron chi connectivity index (χ0n) is 10.1. The van der Waals surface area contributed by atoms with Crippen LogP contribution in [0, 0.1) is 0 Å². The summed E-state index contributed by atoms with van der Waals surface area (Å²) >= 11 is 0. The summed E-state index contributed by atoms with van der Waals surface area (Å²) < 4.78 is 0. The fourth-order valence-corrected chi connectivity index (χ4v) is 2.07. The van der Waals surface area contributed by atoms with E-state index in [1.165, 1.54) is 0 Å². The van der Waals surface area contributed by atoms with Crippen LogP contribution in [0.2, 0.25) is 0 Å². The third-order valence-corrected chi connectivity index (χ3v) is 3.06. The van der Waals surface area contributed by atoms with E-state index in [9.17, 15) is 9.59 Å². The van der Waals surface area contributed by atoms with E-state index in [0.717, 1.165) is 0 Å². The van der Waals surface area contributed by atoms with E-state index < -0.39 is 5.97 Å². The minimum Gasteiger partial charge on any atom is -0.478 e. The molecule has 2 rings (SSSR count). The number of aromatic carboxylic acids is 1. The Morgan fingerprint density at radius 1 is 1.44 bits per heavy atom. The van der Waals surface area contributed by atoms with Gasteiger partial charge in [0, 0.05) is 32.4 Å². The van der Waals surface area contributed by atoms with Gasteiger partial charge in [-0.3, -0.25) is 0 Å². The highest BCUT2D eigenvalue weighted by atomic mass is 16.4. The van der Waals surface area contributed by atoms with Crippen LogP contribution in [0.5, 0.6) is 0 Å². The number of anilines is 1. The largest absolute Gasteiger partial charge is 0.478 e. The number of carboxylic acids is 1. The van der Waals surface area contributed by atoms with E-state index in [2.05, 4.69) is 0 Å². The second-order valence-corrected chi connectivity index (χ2v) is 4.31. The number of carboxylic acid groups (broad SMARTS) is 1. The maximum absolute atomic E-state index is 11.7. The van der Waals surface area contributed by atoms with Crippen molar-refractivity contribution in [2.75, 3.05) is 25.9 Å². The van der Waals surface area contributed by atoms with Crippen LogP contribution in [0.15, 0.2) is 18.2 Å². The molecular formula is C12H15N3O3. The normalized spacial score (nSPS) is 15.3. The van der Waals surface area contributed by atoms with Gasteiger partial charge in [-0.05, 0) is 11.6 Å². The monoisotopic (exact) mass is 249 g/mol. The maximum atomic E-state index is 11.7. The van der Waals surface area contributed by atoms with Crippen molar-refractivity contribution in [1.82, 2.24) is 9.80 Å². The molecule has 0 bridgehead atoms. The molecule has 1 aromatic carbocycles. The van der Waals surface area contributed by atoms with Crippen LogP contribution < -0.4 is 5.73 Å². The van der Waals surface area contributed by atoms with E-state index in [4.69, 9.17) is 10.8 Å². The predicted octanol–water partition coefficient (Wildman–Crippen LogP) is 0.834. The lowest BCUT2D eigenvalue weighted by molar-refractivity contribution is 0.0696. The molecule has 96 valence electrons. The smallest absolute Gasteiger partial charge is 0.338 e. The Hall–Kier alpha value is -2.24. The fourth-order valence-electron chi connectivity index (χ4n) is 2.07. The van der Waals surface area contributed by atoms with Gasteiger partial charge in [0.1, 0.15) is 0 Å². The predicted molar refractivity (Wildman–Crippen MR) is 66.2 cm³/mol. The van der Waals surface area contributed by atoms with Crippen molar-refractivity contribution in [3.05, 3.63) is 29.3 Å². The van der Waals surface area contributed by atoms with Crippen LogP contribution in [0.3, 0.4) is 0 Å². The SMILES string of the molecule is CN1CCN(Cc2cccc(N)c2C(=O)O)C1=O. The molecule has 1 saturated heterocycles. The number of carbonyl (C=O) groups excluding carboxylic acids is 1. The molecule has 0 saturated carbocycles. The first kappa shape index (κ1) is 12.2. The molecule has 18 heavy (non-hydrogen) atoms. The summed E-state index contributed by atoms with van der Waals surface area (Å²) in [5.41, 5.74) is 6.53. The summed E-state index contributed by atoms with van der Waals surface area (Å²) in [5.74, 6) is -1.07. The number of urea groups is 1. The third kappa shape index (κ3) is 2.09. The van der Waals surface area contributed by atoms with E-state index in [0.29, 0.717) is 18.7 Å². The number of amides is 2. The van der Waals surface area contributed by atoms with E-state index >= 15 is 0 Å². The van der Waals surface area contributed by atoms with Crippen molar-refractivity contribution in [3.63, 3.8) is 0 Å². The van der Waals surface area contributed by atoms with Gasteiger partial charge in [0.25, 0.3) is 0 Å². The highest BCUT2D eigenvalue weighted by Gasteiger charge is 2.26. The van der Waals surface area contributed by atoms with Gasteiger partial charge in [-0.15, -0.1) is 0 Å². The molecule has 1 aromatic rings. The lowest BCUT2D eigenvalue weighted by Gasteiger charge is -2.17. The number of hydrogen-bond donors (Lipinski definition) is 2. The number of rotatable bonds is 3. The molecule has 0 atom stereocenters. The first-order chi connectivity index (χ1) is 8.50. The van der Waals surface area contributed by atoms with Gasteiger partial charge in [-0.2, -0.15) is 0 Å². The summed E-state index contributed by atoms with van der Waals surface area (Å²) in [5, 5.41) is 9.14. The number of carbonyl (C=O) groups is 2. The van der Waals surface area contributed by atoms with Crippen molar-refractivity contribution in [2.24, 2.45) is 0 Å². The van der Waals surface area contributed by atoms with Crippen LogP contribution in [0.25, 0.3) is 0 Å². The fraction of sp³-hybridized carbons (Fsp3) is 0.333. The average molecular weight is 249 g/mol. The summed E-state index contributed by atoms with van der Waals surface area (Å²) in [6.45, 7) is 1.53. The van der Waals surface area contributed by atoms with Crippen molar-refractivity contribution in [3.8, 4) is 0 Å². The van der Waals surface area contributed by atoms with Crippen molar-refractivity contribution in [1.29, 1.82) is 0 Å². The molecule has 0 aromatic heterocycles. The number of nitrogens with zero attached hydrogens (tertiary/aromatic N) is 2. The highest BCUT2D eigenvalue weighted by molar-refractivity contribution is 5.95. The minimum atomic E-state index is -1.07. The van der Waals surface area contributed by atoms with Crippen LogP contribution in [0.1, 0.15) is 15.9 Å². The molecule has 6 heteroatoms. The van der Waals surface area contributed by atoms with Gasteiger partial charge in [0.05, 0.1) is 5.56 Å². The summed E-state index contributed by atoms with van der Waals surface area (Å²) in [7, 11) is 1.72. The Labute approximate surface area is 105 Å². The van der Waals surface area contributed by atoms with Crippen molar-refractivity contribution < 1.29 is 14.7 Å². The Morgan fingerprint density at radius 2 is 2.17 bits per heavy atom. The molecular weight excluding hydrogens is 234 g/mol. The topological polar surface area (TPSA) is 86.9 Å². The molecule has 0 aliphatic carbocycles. The second kappa shape index (κ2) is 4.56. The van der Waals surface area contributed by atoms with Gasteiger partial charge in [0.2, 0.25) is 0 Å². The van der Waals surface area contributed by atoms with Crippen LogP contribution in [-0.2, 0) is 6.54 Å². The van der Waals surface area contributed by atoms with Gasteiger partial charge < -0.3 is 20.6 Å². The minimum absolute atomic E-state index is 0.0832. The first-order valence-electron chi connectivity index (χ1n) is 5.61. The van der Waals surface area contributed by atoms with Crippen molar-refractivity contribution >= 4 is 17.7 Å². The summed E-state index contributed by atoms with van der Waals surface area (Å²) in [6, 6.07) is 4.84. The molecule has 1 aliphatic rings. The number of likely N-dealkylation sites (N-methyl/N-ethyl adjacent to an activating group) is 1. The molecule has 1 fully saturated rings. The van der Waals surface area contributed by atoms with Crippen LogP contribution in [-0.4, -0.2) is 47.0 Å². The third-order valence-electron chi connectivity index (χ3n) is 3.06. The zero-order chi connectivity index (χ0) is 13.3. The maximum Gasteiger partial charge on any atom is 0.338 e. The van der Waals surface area contributed by atoms with Crippen molar-refractivity contribution in [2.45, 2.75) is 6.54 Å². The molecule has 0 radical (unpaired) electrons. The molecule has 3 N–H and O–H groups in total. The number of benzene rings is 1. The Balaban J connectivity index is 2.27. The van der Waals surface area contributed by atoms with Crippen LogP contribution >= 0.6 is 0 Å². The quantitative estimate of drug-likeness (QED) is 0.777. The zero-order valence-corrected chi connectivity index (χ0v) is 10.1. The lowest BCUT2D eigenvalue weighted by Crippen LogP contribution is -2.29. The Bertz CT molecular complexity index is 501. The summed E-state index contributed by atoms with van der Waals surface area (Å²) in [6.07, 6.45) is 0. The first-order valence-corrected chi connectivity index (χ1v) is 5.61. The second-order valence-electron chi connectivity index (χ2n) is 4.31. The van der Waals surface area contributed by atoms with E-state index in [1.54, 1.807) is 35.0 Å². The van der Waals surface area contributed by atoms with Crippen LogP contribution in [0.4, 0.5) is 10.5 Å². The van der Waals surface area contributed by atoms with Gasteiger partial charge in [-0.25, -0.2) is 9.59 Å². The average Bonchev–Trinajstić information content (AvgIpc) is 2.60. The lowest BCUT2D eigenvalue weighted by atomic mass is 10.1. The van der Waals surface area contributed by atoms with E-state index in [-0.39, 0.29) is 23.8 Å². The molecule has 0 spiro atoms. The Morgan fingerprint density at radius 3 is 2.72 bits per heavy atom. The molecule has 1 aliphatic heterocycles. The number of nitrogen functional groups attached to an aromatic ring is 1. The molecule has 1 heterocycles. The molecule has 2 amide bonds. The van der Waals surface area contributed by atoms with Gasteiger partial charge in [-0.1, -0.05) is 12.1 Å². The summed E-state index contributed by atoms with van der Waals surface area (Å²) in [4.78, 5) is 26.1. The molecule has 6 nitrogen and oxygen atoms in total. The highest BCUT2D eigenvalue weighted by Crippen LogP contribution is 2.20.